The zero-order valence-corrected chi connectivity index (χ0v) is 16.3. The second kappa shape index (κ2) is 9.83. The third kappa shape index (κ3) is 8.20. The van der Waals surface area contributed by atoms with Gasteiger partial charge >= 0.3 is 0 Å². The fraction of sp³-hybridized carbons (Fsp3) is 0.923. The van der Waals surface area contributed by atoms with E-state index in [4.69, 9.17) is 4.74 Å². The molecule has 6 nitrogen and oxygen atoms in total. The standard InChI is InChI=1S/C13H27N3O3S.HI/c1-14-12(15-8-10-20(3,17)18)16-11-13(5-4-6-13)7-9-19-2;/h4-11H2,1-3H3,(H2,14,15,16);1H. The molecule has 0 heterocycles. The first-order valence-electron chi connectivity index (χ1n) is 7.02. The first-order chi connectivity index (χ1) is 9.41. The van der Waals surface area contributed by atoms with Crippen molar-refractivity contribution in [1.82, 2.24) is 10.6 Å². The molecule has 1 rings (SSSR count). The van der Waals surface area contributed by atoms with E-state index in [2.05, 4.69) is 15.6 Å². The molecule has 21 heavy (non-hydrogen) atoms. The first kappa shape index (κ1) is 20.9. The van der Waals surface area contributed by atoms with Gasteiger partial charge in [0.05, 0.1) is 5.75 Å². The van der Waals surface area contributed by atoms with Gasteiger partial charge in [-0.15, -0.1) is 24.0 Å². The summed E-state index contributed by atoms with van der Waals surface area (Å²) in [6, 6.07) is 0. The van der Waals surface area contributed by atoms with E-state index >= 15 is 0 Å². The fourth-order valence-electron chi connectivity index (χ4n) is 2.36. The molecule has 1 saturated carbocycles. The topological polar surface area (TPSA) is 79.8 Å². The van der Waals surface area contributed by atoms with Crippen LogP contribution in [-0.2, 0) is 14.6 Å². The van der Waals surface area contributed by atoms with Gasteiger partial charge in [0.25, 0.3) is 0 Å². The highest BCUT2D eigenvalue weighted by Crippen LogP contribution is 2.43. The van der Waals surface area contributed by atoms with E-state index < -0.39 is 9.84 Å². The van der Waals surface area contributed by atoms with E-state index in [1.54, 1.807) is 14.2 Å². The van der Waals surface area contributed by atoms with Gasteiger partial charge in [-0.25, -0.2) is 8.42 Å². The van der Waals surface area contributed by atoms with Crippen LogP contribution in [0.4, 0.5) is 0 Å². The molecular formula is C13H28IN3O3S. The molecule has 0 radical (unpaired) electrons. The largest absolute Gasteiger partial charge is 0.385 e. The first-order valence-corrected chi connectivity index (χ1v) is 9.08. The molecule has 2 N–H and O–H groups in total. The van der Waals surface area contributed by atoms with Crippen molar-refractivity contribution in [3.63, 3.8) is 0 Å². The van der Waals surface area contributed by atoms with Crippen molar-refractivity contribution in [3.05, 3.63) is 0 Å². The summed E-state index contributed by atoms with van der Waals surface area (Å²) in [5.41, 5.74) is 0.310. The zero-order chi connectivity index (χ0) is 15.1. The van der Waals surface area contributed by atoms with Crippen LogP contribution in [0.3, 0.4) is 0 Å². The van der Waals surface area contributed by atoms with Gasteiger partial charge in [-0.1, -0.05) is 6.42 Å². The van der Waals surface area contributed by atoms with Crippen LogP contribution in [0.15, 0.2) is 4.99 Å². The Balaban J connectivity index is 0.00000400. The van der Waals surface area contributed by atoms with Gasteiger partial charge in [0.2, 0.25) is 0 Å². The molecule has 0 aromatic heterocycles. The molecule has 1 aliphatic carbocycles. The monoisotopic (exact) mass is 433 g/mol. The Labute approximate surface area is 145 Å². The lowest BCUT2D eigenvalue weighted by Gasteiger charge is -2.42. The van der Waals surface area contributed by atoms with E-state index in [1.807, 2.05) is 0 Å². The van der Waals surface area contributed by atoms with E-state index in [1.165, 1.54) is 25.5 Å². The molecule has 0 aromatic carbocycles. The molecule has 0 saturated heterocycles. The molecule has 0 amide bonds. The SMILES string of the molecule is CN=C(NCCS(C)(=O)=O)NCC1(CCOC)CCC1.I. The van der Waals surface area contributed by atoms with Gasteiger partial charge in [-0.3, -0.25) is 4.99 Å². The molecule has 1 aliphatic rings. The molecule has 0 unspecified atom stereocenters. The van der Waals surface area contributed by atoms with Crippen molar-refractivity contribution in [2.45, 2.75) is 25.7 Å². The smallest absolute Gasteiger partial charge is 0.191 e. The molecular weight excluding hydrogens is 405 g/mol. The number of hydrogen-bond donors (Lipinski definition) is 2. The third-order valence-corrected chi connectivity index (χ3v) is 4.82. The number of ether oxygens (including phenoxy) is 1. The van der Waals surface area contributed by atoms with Crippen LogP contribution >= 0.6 is 24.0 Å². The van der Waals surface area contributed by atoms with Crippen LogP contribution in [0.25, 0.3) is 0 Å². The lowest BCUT2D eigenvalue weighted by Crippen LogP contribution is -2.47. The summed E-state index contributed by atoms with van der Waals surface area (Å²) < 4.78 is 27.3. The van der Waals surface area contributed by atoms with Gasteiger partial charge < -0.3 is 15.4 Å². The molecule has 0 spiro atoms. The second-order valence-corrected chi connectivity index (χ2v) is 7.84. The van der Waals surface area contributed by atoms with Crippen LogP contribution in [0.1, 0.15) is 25.7 Å². The summed E-state index contributed by atoms with van der Waals surface area (Å²) >= 11 is 0. The molecule has 1 fully saturated rings. The number of halogens is 1. The minimum Gasteiger partial charge on any atom is -0.385 e. The highest BCUT2D eigenvalue weighted by Gasteiger charge is 2.36. The number of nitrogens with one attached hydrogen (secondary N) is 2. The fourth-order valence-corrected chi connectivity index (χ4v) is 2.83. The van der Waals surface area contributed by atoms with E-state index in [-0.39, 0.29) is 29.7 Å². The van der Waals surface area contributed by atoms with Crippen LogP contribution in [0.2, 0.25) is 0 Å². The average molecular weight is 433 g/mol. The maximum atomic E-state index is 11.1. The van der Waals surface area contributed by atoms with Crippen molar-refractivity contribution in [3.8, 4) is 0 Å². The van der Waals surface area contributed by atoms with Crippen molar-refractivity contribution in [1.29, 1.82) is 0 Å². The van der Waals surface area contributed by atoms with E-state index in [0.717, 1.165) is 19.6 Å². The van der Waals surface area contributed by atoms with Gasteiger partial charge in [-0.2, -0.15) is 0 Å². The van der Waals surface area contributed by atoms with Crippen LogP contribution < -0.4 is 10.6 Å². The number of nitrogens with zero attached hydrogens (tertiary/aromatic N) is 1. The number of hydrogen-bond acceptors (Lipinski definition) is 4. The summed E-state index contributed by atoms with van der Waals surface area (Å²) in [5, 5.41) is 6.33. The molecule has 0 aliphatic heterocycles. The lowest BCUT2D eigenvalue weighted by atomic mass is 9.67. The summed E-state index contributed by atoms with van der Waals surface area (Å²) in [6.07, 6.45) is 5.98. The Bertz CT molecular complexity index is 422. The Hall–Kier alpha value is -0.0900. The molecule has 0 aromatic rings. The number of sulfone groups is 1. The van der Waals surface area contributed by atoms with Gasteiger partial charge in [0, 0.05) is 40.1 Å². The Morgan fingerprint density at radius 3 is 2.43 bits per heavy atom. The molecule has 8 heteroatoms. The summed E-state index contributed by atoms with van der Waals surface area (Å²) in [4.78, 5) is 4.12. The number of methoxy groups -OCH3 is 1. The van der Waals surface area contributed by atoms with Crippen molar-refractivity contribution < 1.29 is 13.2 Å². The molecule has 0 bridgehead atoms. The third-order valence-electron chi connectivity index (χ3n) is 3.87. The number of aliphatic imine (C=N–C) groups is 1. The van der Waals surface area contributed by atoms with Gasteiger partial charge in [-0.05, 0) is 24.7 Å². The normalized spacial score (nSPS) is 17.6. The minimum atomic E-state index is -2.94. The number of rotatable bonds is 8. The minimum absolute atomic E-state index is 0. The summed E-state index contributed by atoms with van der Waals surface area (Å²) in [5.74, 6) is 0.778. The van der Waals surface area contributed by atoms with E-state index in [9.17, 15) is 8.42 Å². The highest BCUT2D eigenvalue weighted by atomic mass is 127. The van der Waals surface area contributed by atoms with Crippen LogP contribution in [0, 0.1) is 5.41 Å². The van der Waals surface area contributed by atoms with Crippen molar-refractivity contribution >= 4 is 39.8 Å². The quantitative estimate of drug-likeness (QED) is 0.340. The van der Waals surface area contributed by atoms with Gasteiger partial charge in [0.1, 0.15) is 9.84 Å². The lowest BCUT2D eigenvalue weighted by molar-refractivity contribution is 0.0733. The molecule has 0 atom stereocenters. The van der Waals surface area contributed by atoms with Crippen molar-refractivity contribution in [2.24, 2.45) is 10.4 Å². The van der Waals surface area contributed by atoms with Crippen LogP contribution in [0.5, 0.6) is 0 Å². The van der Waals surface area contributed by atoms with Crippen LogP contribution in [-0.4, -0.2) is 60.2 Å². The van der Waals surface area contributed by atoms with E-state index in [0.29, 0.717) is 17.9 Å². The Morgan fingerprint density at radius 2 is 2.00 bits per heavy atom. The summed E-state index contributed by atoms with van der Waals surface area (Å²) in [7, 11) is 0.482. The maximum absolute atomic E-state index is 11.1. The second-order valence-electron chi connectivity index (χ2n) is 5.58. The molecule has 126 valence electrons. The highest BCUT2D eigenvalue weighted by molar-refractivity contribution is 14.0. The number of guanidine groups is 1. The zero-order valence-electron chi connectivity index (χ0n) is 13.1. The average Bonchev–Trinajstić information content (AvgIpc) is 2.33. The Kier molecular flexibility index (Phi) is 9.79. The Morgan fingerprint density at radius 1 is 1.33 bits per heavy atom. The predicted octanol–water partition coefficient (Wildman–Crippen LogP) is 1.02. The predicted molar refractivity (Wildman–Crippen MR) is 97.3 cm³/mol. The summed E-state index contributed by atoms with van der Waals surface area (Å²) in [6.45, 7) is 2.01. The maximum Gasteiger partial charge on any atom is 0.191 e. The van der Waals surface area contributed by atoms with Crippen molar-refractivity contribution in [2.75, 3.05) is 45.9 Å². The van der Waals surface area contributed by atoms with Gasteiger partial charge in [0.15, 0.2) is 5.96 Å².